The summed E-state index contributed by atoms with van der Waals surface area (Å²) in [4.78, 5) is 14.1. The quantitative estimate of drug-likeness (QED) is 0.727. The monoisotopic (exact) mass is 331 g/mol. The Kier molecular flexibility index (Phi) is 6.79. The average Bonchev–Trinajstić information content (AvgIpc) is 2.66. The highest BCUT2D eigenvalue weighted by molar-refractivity contribution is 6.03. The number of ether oxygens (including phenoxy) is 1. The summed E-state index contributed by atoms with van der Waals surface area (Å²) in [6.07, 6.45) is 3.45. The predicted octanol–water partition coefficient (Wildman–Crippen LogP) is 3.55. The summed E-state index contributed by atoms with van der Waals surface area (Å²) in [5.74, 6) is 0.413. The van der Waals surface area contributed by atoms with Gasteiger partial charge in [-0.1, -0.05) is 30.3 Å². The number of para-hydroxylation sites is 1. The van der Waals surface area contributed by atoms with Crippen molar-refractivity contribution in [3.63, 3.8) is 0 Å². The Balaban J connectivity index is 2.08. The van der Waals surface area contributed by atoms with Crippen molar-refractivity contribution in [1.82, 2.24) is 0 Å². The van der Waals surface area contributed by atoms with Crippen molar-refractivity contribution in [2.45, 2.75) is 6.42 Å². The molecular weight excluding hydrogens is 314 g/mol. The van der Waals surface area contributed by atoms with Crippen LogP contribution in [-0.2, 0) is 4.79 Å². The second-order valence-corrected chi connectivity index (χ2v) is 5.08. The molecule has 0 bridgehead atoms. The van der Waals surface area contributed by atoms with Crippen LogP contribution in [-0.4, -0.2) is 19.1 Å². The molecule has 0 aliphatic heterocycles. The highest BCUT2D eigenvalue weighted by Crippen LogP contribution is 2.16. The van der Waals surface area contributed by atoms with Crippen molar-refractivity contribution < 1.29 is 9.53 Å². The van der Waals surface area contributed by atoms with Crippen LogP contribution in [0.4, 0.5) is 5.69 Å². The molecule has 0 spiro atoms. The fraction of sp³-hybridized carbons (Fsp3) is 0.150. The van der Waals surface area contributed by atoms with Crippen LogP contribution in [0.1, 0.15) is 12.0 Å². The molecular formula is C20H17N3O2. The topological polar surface area (TPSA) is 77.1 Å². The van der Waals surface area contributed by atoms with Gasteiger partial charge in [-0.25, -0.2) is 0 Å². The molecule has 0 unspecified atom stereocenters. The van der Waals surface area contributed by atoms with Crippen LogP contribution in [0, 0.1) is 22.7 Å². The Morgan fingerprint density at radius 2 is 1.76 bits per heavy atom. The first-order valence-corrected chi connectivity index (χ1v) is 7.76. The van der Waals surface area contributed by atoms with E-state index < -0.39 is 0 Å². The Hall–Kier alpha value is -3.57. The van der Waals surface area contributed by atoms with Crippen molar-refractivity contribution in [3.05, 3.63) is 66.2 Å². The number of benzene rings is 2. The summed E-state index contributed by atoms with van der Waals surface area (Å²) < 4.78 is 5.19. The van der Waals surface area contributed by atoms with E-state index in [0.29, 0.717) is 12.3 Å². The standard InChI is InChI=1S/C20H17N3O2/c21-13-4-15-23(18-5-2-1-3-6-18)20(24)12-9-17-7-10-19(11-8-17)25-16-14-22/h1-3,5-12H,4,15-16H2/b12-9-. The maximum Gasteiger partial charge on any atom is 0.251 e. The molecule has 1 amide bonds. The number of rotatable bonds is 7. The van der Waals surface area contributed by atoms with Crippen LogP contribution >= 0.6 is 0 Å². The van der Waals surface area contributed by atoms with E-state index in [1.807, 2.05) is 36.4 Å². The lowest BCUT2D eigenvalue weighted by Crippen LogP contribution is -2.30. The van der Waals surface area contributed by atoms with E-state index >= 15 is 0 Å². The third-order valence-corrected chi connectivity index (χ3v) is 3.38. The van der Waals surface area contributed by atoms with E-state index in [9.17, 15) is 4.79 Å². The molecule has 0 radical (unpaired) electrons. The fourth-order valence-electron chi connectivity index (χ4n) is 2.18. The number of nitrogens with zero attached hydrogens (tertiary/aromatic N) is 3. The van der Waals surface area contributed by atoms with Crippen LogP contribution < -0.4 is 9.64 Å². The van der Waals surface area contributed by atoms with Gasteiger partial charge in [0, 0.05) is 18.3 Å². The summed E-state index contributed by atoms with van der Waals surface area (Å²) in [7, 11) is 0. The smallest absolute Gasteiger partial charge is 0.251 e. The largest absolute Gasteiger partial charge is 0.479 e. The van der Waals surface area contributed by atoms with Gasteiger partial charge in [0.1, 0.15) is 11.8 Å². The Morgan fingerprint density at radius 1 is 1.04 bits per heavy atom. The van der Waals surface area contributed by atoms with Crippen molar-refractivity contribution in [2.24, 2.45) is 0 Å². The fourth-order valence-corrected chi connectivity index (χ4v) is 2.18. The lowest BCUT2D eigenvalue weighted by Gasteiger charge is -2.20. The van der Waals surface area contributed by atoms with Crippen molar-refractivity contribution in [1.29, 1.82) is 10.5 Å². The first-order valence-electron chi connectivity index (χ1n) is 7.76. The van der Waals surface area contributed by atoms with Gasteiger partial charge in [0.25, 0.3) is 5.91 Å². The van der Waals surface area contributed by atoms with E-state index in [1.54, 1.807) is 35.2 Å². The van der Waals surface area contributed by atoms with Gasteiger partial charge in [0.15, 0.2) is 6.61 Å². The molecule has 0 heterocycles. The summed E-state index contributed by atoms with van der Waals surface area (Å²) in [6, 6.07) is 20.3. The second-order valence-electron chi connectivity index (χ2n) is 5.08. The Bertz CT molecular complexity index is 800. The molecule has 5 nitrogen and oxygen atoms in total. The number of anilines is 1. The van der Waals surface area contributed by atoms with Crippen molar-refractivity contribution in [2.75, 3.05) is 18.1 Å². The first kappa shape index (κ1) is 17.8. The zero-order valence-corrected chi connectivity index (χ0v) is 13.6. The van der Waals surface area contributed by atoms with E-state index in [0.717, 1.165) is 11.3 Å². The highest BCUT2D eigenvalue weighted by atomic mass is 16.5. The Labute approximate surface area is 147 Å². The lowest BCUT2D eigenvalue weighted by atomic mass is 10.2. The van der Waals surface area contributed by atoms with E-state index in [2.05, 4.69) is 6.07 Å². The minimum absolute atomic E-state index is 0.00139. The number of nitriles is 2. The van der Waals surface area contributed by atoms with Gasteiger partial charge in [-0.05, 0) is 35.9 Å². The number of amides is 1. The van der Waals surface area contributed by atoms with Gasteiger partial charge in [-0.15, -0.1) is 0 Å². The molecule has 0 atom stereocenters. The normalized spacial score (nSPS) is 10.0. The molecule has 0 saturated heterocycles. The molecule has 0 saturated carbocycles. The molecule has 2 aromatic rings. The van der Waals surface area contributed by atoms with Crippen LogP contribution in [0.5, 0.6) is 5.75 Å². The summed E-state index contributed by atoms with van der Waals surface area (Å²) in [6.45, 7) is 0.337. The maximum absolute atomic E-state index is 12.5. The second kappa shape index (κ2) is 9.54. The van der Waals surface area contributed by atoms with Crippen molar-refractivity contribution >= 4 is 17.7 Å². The highest BCUT2D eigenvalue weighted by Gasteiger charge is 2.12. The molecule has 25 heavy (non-hydrogen) atoms. The molecule has 2 aromatic carbocycles. The van der Waals surface area contributed by atoms with Crippen LogP contribution in [0.3, 0.4) is 0 Å². The van der Waals surface area contributed by atoms with Gasteiger partial charge in [-0.3, -0.25) is 4.79 Å². The average molecular weight is 331 g/mol. The van der Waals surface area contributed by atoms with Gasteiger partial charge in [0.2, 0.25) is 0 Å². The first-order chi connectivity index (χ1) is 12.2. The molecule has 0 aromatic heterocycles. The summed E-state index contributed by atoms with van der Waals surface area (Å²) in [5, 5.41) is 17.3. The zero-order valence-electron chi connectivity index (χ0n) is 13.6. The third-order valence-electron chi connectivity index (χ3n) is 3.38. The zero-order chi connectivity index (χ0) is 17.9. The third kappa shape index (κ3) is 5.53. The lowest BCUT2D eigenvalue weighted by molar-refractivity contribution is -0.114. The number of hydrogen-bond donors (Lipinski definition) is 0. The van der Waals surface area contributed by atoms with Gasteiger partial charge >= 0.3 is 0 Å². The van der Waals surface area contributed by atoms with E-state index in [1.165, 1.54) is 6.08 Å². The SMILES string of the molecule is N#CCCN(C(=O)/C=C\c1ccc(OCC#N)cc1)c1ccccc1. The molecule has 0 N–H and O–H groups in total. The molecule has 0 aliphatic carbocycles. The van der Waals surface area contributed by atoms with Gasteiger partial charge in [-0.2, -0.15) is 10.5 Å². The van der Waals surface area contributed by atoms with Gasteiger partial charge < -0.3 is 9.64 Å². The predicted molar refractivity (Wildman–Crippen MR) is 95.6 cm³/mol. The number of hydrogen-bond acceptors (Lipinski definition) is 4. The van der Waals surface area contributed by atoms with Crippen LogP contribution in [0.2, 0.25) is 0 Å². The minimum atomic E-state index is -0.189. The molecule has 0 aliphatic rings. The Morgan fingerprint density at radius 3 is 2.40 bits per heavy atom. The van der Waals surface area contributed by atoms with Gasteiger partial charge in [0.05, 0.1) is 12.5 Å². The number of carbonyl (C=O) groups is 1. The molecule has 5 heteroatoms. The van der Waals surface area contributed by atoms with Crippen molar-refractivity contribution in [3.8, 4) is 17.9 Å². The maximum atomic E-state index is 12.5. The van der Waals surface area contributed by atoms with E-state index in [4.69, 9.17) is 15.3 Å². The van der Waals surface area contributed by atoms with Crippen LogP contribution in [0.25, 0.3) is 6.08 Å². The summed E-state index contributed by atoms with van der Waals surface area (Å²) in [5.41, 5.74) is 1.60. The molecule has 0 fully saturated rings. The minimum Gasteiger partial charge on any atom is -0.479 e. The number of carbonyl (C=O) groups excluding carboxylic acids is 1. The van der Waals surface area contributed by atoms with E-state index in [-0.39, 0.29) is 18.9 Å². The molecule has 2 rings (SSSR count). The summed E-state index contributed by atoms with van der Waals surface area (Å²) >= 11 is 0. The van der Waals surface area contributed by atoms with Crippen LogP contribution in [0.15, 0.2) is 60.7 Å². The molecule has 124 valence electrons.